The number of nitrogens with one attached hydrogen (secondary N) is 1. The van der Waals surface area contributed by atoms with Gasteiger partial charge in [-0.1, -0.05) is 98.2 Å². The van der Waals surface area contributed by atoms with Crippen molar-refractivity contribution >= 4 is 39.1 Å². The molecule has 1 atom stereocenters. The molecular formula is C36H40ClN3O4S. The SMILES string of the molecule is CC(C)NC(=O)C(Cc1ccccc1)N(Cc1ccc(Cl)cc1)C(=O)CN(c1ccc(C(C)C)cc1)S(=O)(=O)c1ccccc1. The van der Waals surface area contributed by atoms with E-state index in [1.165, 1.54) is 17.0 Å². The number of hydrogen-bond acceptors (Lipinski definition) is 4. The Kier molecular flexibility index (Phi) is 11.4. The van der Waals surface area contributed by atoms with E-state index in [4.69, 9.17) is 11.6 Å². The Morgan fingerprint density at radius 2 is 1.33 bits per heavy atom. The molecule has 0 spiro atoms. The van der Waals surface area contributed by atoms with Crippen LogP contribution in [0.25, 0.3) is 0 Å². The van der Waals surface area contributed by atoms with Gasteiger partial charge in [0.1, 0.15) is 12.6 Å². The van der Waals surface area contributed by atoms with Gasteiger partial charge in [-0.05, 0) is 72.9 Å². The van der Waals surface area contributed by atoms with Gasteiger partial charge in [0.2, 0.25) is 11.8 Å². The highest BCUT2D eigenvalue weighted by Gasteiger charge is 2.34. The monoisotopic (exact) mass is 645 g/mol. The first-order chi connectivity index (χ1) is 21.5. The number of sulfonamides is 1. The first kappa shape index (κ1) is 33.7. The van der Waals surface area contributed by atoms with Crippen molar-refractivity contribution in [2.75, 3.05) is 10.8 Å². The van der Waals surface area contributed by atoms with Crippen molar-refractivity contribution in [1.29, 1.82) is 0 Å². The molecule has 0 heterocycles. The summed E-state index contributed by atoms with van der Waals surface area (Å²) < 4.78 is 29.3. The van der Waals surface area contributed by atoms with Crippen LogP contribution >= 0.6 is 11.6 Å². The van der Waals surface area contributed by atoms with Gasteiger partial charge in [0.15, 0.2) is 0 Å². The maximum Gasteiger partial charge on any atom is 0.264 e. The number of amides is 2. The molecule has 4 rings (SSSR count). The number of carbonyl (C=O) groups is 2. The summed E-state index contributed by atoms with van der Waals surface area (Å²) in [7, 11) is -4.15. The number of halogens is 1. The van der Waals surface area contributed by atoms with Gasteiger partial charge >= 0.3 is 0 Å². The molecule has 4 aromatic carbocycles. The minimum atomic E-state index is -4.15. The van der Waals surface area contributed by atoms with E-state index >= 15 is 0 Å². The Bertz CT molecular complexity index is 1660. The molecule has 0 aromatic heterocycles. The number of anilines is 1. The van der Waals surface area contributed by atoms with Gasteiger partial charge in [-0.25, -0.2) is 8.42 Å². The van der Waals surface area contributed by atoms with Crippen molar-refractivity contribution in [2.45, 2.75) is 63.6 Å². The second kappa shape index (κ2) is 15.2. The number of carbonyl (C=O) groups excluding carboxylic acids is 2. The van der Waals surface area contributed by atoms with E-state index < -0.39 is 28.5 Å². The van der Waals surface area contributed by atoms with Crippen molar-refractivity contribution in [3.05, 3.63) is 131 Å². The van der Waals surface area contributed by atoms with Gasteiger partial charge in [-0.3, -0.25) is 13.9 Å². The third-order valence-electron chi connectivity index (χ3n) is 7.43. The van der Waals surface area contributed by atoms with Crippen LogP contribution in [0.3, 0.4) is 0 Å². The van der Waals surface area contributed by atoms with E-state index in [0.717, 1.165) is 21.0 Å². The third kappa shape index (κ3) is 8.96. The third-order valence-corrected chi connectivity index (χ3v) is 9.47. The summed E-state index contributed by atoms with van der Waals surface area (Å²) in [4.78, 5) is 29.8. The molecule has 9 heteroatoms. The van der Waals surface area contributed by atoms with Gasteiger partial charge in [-0.15, -0.1) is 0 Å². The first-order valence-electron chi connectivity index (χ1n) is 15.0. The maximum absolute atomic E-state index is 14.5. The van der Waals surface area contributed by atoms with E-state index in [1.54, 1.807) is 54.6 Å². The molecule has 4 aromatic rings. The molecule has 0 radical (unpaired) electrons. The smallest absolute Gasteiger partial charge is 0.264 e. The maximum atomic E-state index is 14.5. The van der Waals surface area contributed by atoms with E-state index in [-0.39, 0.29) is 35.7 Å². The van der Waals surface area contributed by atoms with Crippen molar-refractivity contribution in [2.24, 2.45) is 0 Å². The molecule has 0 saturated carbocycles. The summed E-state index contributed by atoms with van der Waals surface area (Å²) in [6, 6.07) is 30.7. The van der Waals surface area contributed by atoms with Crippen molar-refractivity contribution in [1.82, 2.24) is 10.2 Å². The first-order valence-corrected chi connectivity index (χ1v) is 16.8. The minimum absolute atomic E-state index is 0.0633. The van der Waals surface area contributed by atoms with Crippen LogP contribution in [0, 0.1) is 0 Å². The van der Waals surface area contributed by atoms with Crippen molar-refractivity contribution in [3.63, 3.8) is 0 Å². The molecule has 0 saturated heterocycles. The fourth-order valence-corrected chi connectivity index (χ4v) is 6.56. The minimum Gasteiger partial charge on any atom is -0.352 e. The molecule has 45 heavy (non-hydrogen) atoms. The standard InChI is InChI=1S/C36H40ClN3O4S/c1-26(2)30-17-21-32(22-18-30)40(45(43,44)33-13-9-6-10-14-33)25-35(41)39(24-29-15-19-31(37)20-16-29)34(36(42)38-27(3)4)23-28-11-7-5-8-12-28/h5-22,26-27,34H,23-25H2,1-4H3,(H,38,42). The normalized spacial score (nSPS) is 12.2. The highest BCUT2D eigenvalue weighted by Crippen LogP contribution is 2.27. The lowest BCUT2D eigenvalue weighted by atomic mass is 10.0. The summed E-state index contributed by atoms with van der Waals surface area (Å²) in [5.41, 5.74) is 3.02. The summed E-state index contributed by atoms with van der Waals surface area (Å²) in [5, 5.41) is 3.51. The summed E-state index contributed by atoms with van der Waals surface area (Å²) in [6.07, 6.45) is 0.243. The Hall–Kier alpha value is -4.14. The topological polar surface area (TPSA) is 86.8 Å². The predicted octanol–water partition coefficient (Wildman–Crippen LogP) is 6.82. The zero-order valence-corrected chi connectivity index (χ0v) is 27.6. The molecule has 2 amide bonds. The predicted molar refractivity (Wildman–Crippen MR) is 181 cm³/mol. The Balaban J connectivity index is 1.80. The zero-order chi connectivity index (χ0) is 32.6. The second-order valence-corrected chi connectivity index (χ2v) is 13.9. The highest BCUT2D eigenvalue weighted by molar-refractivity contribution is 7.92. The van der Waals surface area contributed by atoms with Gasteiger partial charge in [-0.2, -0.15) is 0 Å². The molecule has 0 bridgehead atoms. The Morgan fingerprint density at radius 1 is 0.756 bits per heavy atom. The lowest BCUT2D eigenvalue weighted by Crippen LogP contribution is -2.54. The van der Waals surface area contributed by atoms with Crippen LogP contribution in [0.5, 0.6) is 0 Å². The fraction of sp³-hybridized carbons (Fsp3) is 0.278. The summed E-state index contributed by atoms with van der Waals surface area (Å²) in [6.45, 7) is 7.40. The Labute approximate surface area is 271 Å². The van der Waals surface area contributed by atoms with Crippen LogP contribution in [0.2, 0.25) is 5.02 Å². The molecule has 1 unspecified atom stereocenters. The molecule has 7 nitrogen and oxygen atoms in total. The zero-order valence-electron chi connectivity index (χ0n) is 26.1. The van der Waals surface area contributed by atoms with Gasteiger partial charge in [0.25, 0.3) is 10.0 Å². The molecule has 0 aliphatic heterocycles. The number of rotatable bonds is 13. The van der Waals surface area contributed by atoms with E-state index in [9.17, 15) is 18.0 Å². The van der Waals surface area contributed by atoms with Crippen LogP contribution in [0.1, 0.15) is 50.3 Å². The average Bonchev–Trinajstić information content (AvgIpc) is 3.03. The van der Waals surface area contributed by atoms with E-state index in [1.807, 2.05) is 56.3 Å². The Morgan fingerprint density at radius 3 is 1.89 bits per heavy atom. The van der Waals surface area contributed by atoms with Gasteiger partial charge in [0.05, 0.1) is 10.6 Å². The number of benzene rings is 4. The number of hydrogen-bond donors (Lipinski definition) is 1. The van der Waals surface area contributed by atoms with E-state index in [2.05, 4.69) is 19.2 Å². The van der Waals surface area contributed by atoms with Gasteiger partial charge < -0.3 is 10.2 Å². The molecule has 0 aliphatic rings. The van der Waals surface area contributed by atoms with Gasteiger partial charge in [0, 0.05) is 24.0 Å². The molecular weight excluding hydrogens is 606 g/mol. The summed E-state index contributed by atoms with van der Waals surface area (Å²) in [5.74, 6) is -0.597. The van der Waals surface area contributed by atoms with E-state index in [0.29, 0.717) is 10.7 Å². The van der Waals surface area contributed by atoms with Crippen molar-refractivity contribution in [3.8, 4) is 0 Å². The largest absolute Gasteiger partial charge is 0.352 e. The molecule has 1 N–H and O–H groups in total. The lowest BCUT2D eigenvalue weighted by molar-refractivity contribution is -0.140. The molecule has 236 valence electrons. The fourth-order valence-electron chi connectivity index (χ4n) is 5.00. The second-order valence-electron chi connectivity index (χ2n) is 11.6. The number of nitrogens with zero attached hydrogens (tertiary/aromatic N) is 2. The molecule has 0 fully saturated rings. The van der Waals surface area contributed by atoms with Crippen LogP contribution in [-0.4, -0.2) is 43.8 Å². The lowest BCUT2D eigenvalue weighted by Gasteiger charge is -2.34. The van der Waals surface area contributed by atoms with Crippen LogP contribution in [-0.2, 0) is 32.6 Å². The summed E-state index contributed by atoms with van der Waals surface area (Å²) >= 11 is 6.15. The van der Waals surface area contributed by atoms with Crippen LogP contribution in [0.15, 0.2) is 114 Å². The van der Waals surface area contributed by atoms with Crippen LogP contribution in [0.4, 0.5) is 5.69 Å². The average molecular weight is 646 g/mol. The van der Waals surface area contributed by atoms with Crippen molar-refractivity contribution < 1.29 is 18.0 Å². The molecule has 0 aliphatic carbocycles. The van der Waals surface area contributed by atoms with Crippen LogP contribution < -0.4 is 9.62 Å². The highest BCUT2D eigenvalue weighted by atomic mass is 35.5. The quantitative estimate of drug-likeness (QED) is 0.173.